The zero-order valence-electron chi connectivity index (χ0n) is 10.8. The van der Waals surface area contributed by atoms with Crippen LogP contribution in [0.5, 0.6) is 0 Å². The Balaban J connectivity index is 0.00000162. The van der Waals surface area contributed by atoms with Gasteiger partial charge >= 0.3 is 0 Å². The highest BCUT2D eigenvalue weighted by Crippen LogP contribution is 2.32. The van der Waals surface area contributed by atoms with Gasteiger partial charge in [0.2, 0.25) is 0 Å². The number of hydrogen-bond acceptors (Lipinski definition) is 2. The minimum Gasteiger partial charge on any atom is -0.342 e. The second kappa shape index (κ2) is 6.76. The Hall–Kier alpha value is -1.06. The van der Waals surface area contributed by atoms with Gasteiger partial charge in [-0.1, -0.05) is 25.0 Å². The first-order valence-electron chi connectivity index (χ1n) is 6.25. The van der Waals surface area contributed by atoms with Crippen molar-refractivity contribution < 1.29 is 4.79 Å². The van der Waals surface area contributed by atoms with Crippen LogP contribution in [0.4, 0.5) is 0 Å². The van der Waals surface area contributed by atoms with Crippen LogP contribution in [0.3, 0.4) is 0 Å². The number of carbonyl (C=O) groups excluding carboxylic acids is 1. The van der Waals surface area contributed by atoms with E-state index in [0.717, 1.165) is 30.0 Å². The van der Waals surface area contributed by atoms with Crippen LogP contribution in [0.15, 0.2) is 24.3 Å². The van der Waals surface area contributed by atoms with Gasteiger partial charge in [-0.2, -0.15) is 0 Å². The Morgan fingerprint density at radius 3 is 2.44 bits per heavy atom. The Morgan fingerprint density at radius 1 is 1.33 bits per heavy atom. The van der Waals surface area contributed by atoms with Gasteiger partial charge in [0, 0.05) is 25.7 Å². The lowest BCUT2D eigenvalue weighted by atomic mass is 10.1. The number of carbonyl (C=O) groups is 1. The molecule has 100 valence electrons. The molecule has 1 aliphatic carbocycles. The molecule has 1 fully saturated rings. The Bertz CT molecular complexity index is 387. The SMILES string of the molecule is CN(CCC1CC1)C(=O)c1ccc(CN)cc1.Cl. The van der Waals surface area contributed by atoms with Crippen molar-refractivity contribution in [1.82, 2.24) is 4.90 Å². The molecule has 2 rings (SSSR count). The monoisotopic (exact) mass is 268 g/mol. The quantitative estimate of drug-likeness (QED) is 0.892. The number of amides is 1. The molecule has 0 aliphatic heterocycles. The van der Waals surface area contributed by atoms with Crippen molar-refractivity contribution in [2.75, 3.05) is 13.6 Å². The van der Waals surface area contributed by atoms with E-state index in [-0.39, 0.29) is 18.3 Å². The highest BCUT2D eigenvalue weighted by Gasteiger charge is 2.22. The molecule has 1 amide bonds. The molecule has 18 heavy (non-hydrogen) atoms. The van der Waals surface area contributed by atoms with E-state index in [1.165, 1.54) is 12.8 Å². The molecule has 0 bridgehead atoms. The van der Waals surface area contributed by atoms with Crippen molar-refractivity contribution in [2.45, 2.75) is 25.8 Å². The van der Waals surface area contributed by atoms with Crippen molar-refractivity contribution in [1.29, 1.82) is 0 Å². The van der Waals surface area contributed by atoms with Gasteiger partial charge < -0.3 is 10.6 Å². The lowest BCUT2D eigenvalue weighted by molar-refractivity contribution is 0.0791. The predicted octanol–water partition coefficient (Wildman–Crippen LogP) is 2.44. The van der Waals surface area contributed by atoms with E-state index in [1.807, 2.05) is 36.2 Å². The van der Waals surface area contributed by atoms with Crippen molar-refractivity contribution in [3.8, 4) is 0 Å². The fourth-order valence-corrected chi connectivity index (χ4v) is 1.89. The molecule has 1 aliphatic rings. The number of nitrogens with zero attached hydrogens (tertiary/aromatic N) is 1. The maximum Gasteiger partial charge on any atom is 0.253 e. The zero-order chi connectivity index (χ0) is 12.3. The third-order valence-electron chi connectivity index (χ3n) is 3.35. The fourth-order valence-electron chi connectivity index (χ4n) is 1.89. The standard InChI is InChI=1S/C14H20N2O.ClH/c1-16(9-8-11-2-3-11)14(17)13-6-4-12(10-15)5-7-13;/h4-7,11H,2-3,8-10,15H2,1H3;1H. The van der Waals surface area contributed by atoms with E-state index in [1.54, 1.807) is 0 Å². The van der Waals surface area contributed by atoms with Gasteiger partial charge in [-0.15, -0.1) is 12.4 Å². The van der Waals surface area contributed by atoms with Gasteiger partial charge in [-0.3, -0.25) is 4.79 Å². The van der Waals surface area contributed by atoms with E-state index in [2.05, 4.69) is 0 Å². The number of benzene rings is 1. The summed E-state index contributed by atoms with van der Waals surface area (Å²) in [6.07, 6.45) is 3.82. The summed E-state index contributed by atoms with van der Waals surface area (Å²) in [5.74, 6) is 0.971. The molecule has 4 heteroatoms. The second-order valence-electron chi connectivity index (χ2n) is 4.86. The van der Waals surface area contributed by atoms with Gasteiger partial charge in [0.15, 0.2) is 0 Å². The van der Waals surface area contributed by atoms with Gasteiger partial charge in [0.05, 0.1) is 0 Å². The maximum absolute atomic E-state index is 12.1. The van der Waals surface area contributed by atoms with Crippen LogP contribution < -0.4 is 5.73 Å². The molecule has 3 nitrogen and oxygen atoms in total. The first kappa shape index (κ1) is 15.0. The van der Waals surface area contributed by atoms with E-state index in [9.17, 15) is 4.79 Å². The highest BCUT2D eigenvalue weighted by molar-refractivity contribution is 5.94. The largest absolute Gasteiger partial charge is 0.342 e. The molecule has 0 heterocycles. The van der Waals surface area contributed by atoms with Crippen LogP contribution in [-0.2, 0) is 6.54 Å². The Morgan fingerprint density at radius 2 is 1.94 bits per heavy atom. The minimum atomic E-state index is 0. The Labute approximate surface area is 115 Å². The van der Waals surface area contributed by atoms with Crippen molar-refractivity contribution in [2.24, 2.45) is 11.7 Å². The fraction of sp³-hybridized carbons (Fsp3) is 0.500. The van der Waals surface area contributed by atoms with Gasteiger partial charge in [-0.05, 0) is 30.0 Å². The van der Waals surface area contributed by atoms with Crippen molar-refractivity contribution >= 4 is 18.3 Å². The molecule has 0 aromatic heterocycles. The van der Waals surface area contributed by atoms with Crippen LogP contribution in [0.1, 0.15) is 35.2 Å². The van der Waals surface area contributed by atoms with E-state index < -0.39 is 0 Å². The molecule has 2 N–H and O–H groups in total. The summed E-state index contributed by atoms with van der Waals surface area (Å²) in [4.78, 5) is 13.9. The summed E-state index contributed by atoms with van der Waals surface area (Å²) in [5, 5.41) is 0. The van der Waals surface area contributed by atoms with E-state index >= 15 is 0 Å². The van der Waals surface area contributed by atoms with Gasteiger partial charge in [-0.25, -0.2) is 0 Å². The van der Waals surface area contributed by atoms with Crippen molar-refractivity contribution in [3.05, 3.63) is 35.4 Å². The molecule has 0 saturated heterocycles. The third-order valence-corrected chi connectivity index (χ3v) is 3.35. The molecule has 1 aromatic carbocycles. The lowest BCUT2D eigenvalue weighted by Gasteiger charge is -2.17. The predicted molar refractivity (Wildman–Crippen MR) is 75.9 cm³/mol. The molecular formula is C14H21ClN2O. The number of hydrogen-bond donors (Lipinski definition) is 1. The molecule has 0 atom stereocenters. The molecule has 1 saturated carbocycles. The summed E-state index contributed by atoms with van der Waals surface area (Å²) in [6, 6.07) is 7.56. The molecule has 0 spiro atoms. The van der Waals surface area contributed by atoms with Crippen LogP contribution in [0.25, 0.3) is 0 Å². The van der Waals surface area contributed by atoms with Gasteiger partial charge in [0.25, 0.3) is 5.91 Å². The van der Waals surface area contributed by atoms with E-state index in [4.69, 9.17) is 5.73 Å². The maximum atomic E-state index is 12.1. The van der Waals surface area contributed by atoms with Crippen LogP contribution in [0.2, 0.25) is 0 Å². The topological polar surface area (TPSA) is 46.3 Å². The summed E-state index contributed by atoms with van der Waals surface area (Å²) < 4.78 is 0. The average molecular weight is 269 g/mol. The van der Waals surface area contributed by atoms with Crippen LogP contribution in [0, 0.1) is 5.92 Å². The molecule has 0 unspecified atom stereocenters. The number of rotatable bonds is 5. The number of nitrogens with two attached hydrogens (primary N) is 1. The molecule has 0 radical (unpaired) electrons. The van der Waals surface area contributed by atoms with Crippen LogP contribution >= 0.6 is 12.4 Å². The van der Waals surface area contributed by atoms with Crippen LogP contribution in [-0.4, -0.2) is 24.4 Å². The highest BCUT2D eigenvalue weighted by atomic mass is 35.5. The summed E-state index contributed by atoms with van der Waals surface area (Å²) in [7, 11) is 1.88. The first-order valence-corrected chi connectivity index (χ1v) is 6.25. The number of halogens is 1. The second-order valence-corrected chi connectivity index (χ2v) is 4.86. The zero-order valence-corrected chi connectivity index (χ0v) is 11.6. The van der Waals surface area contributed by atoms with E-state index in [0.29, 0.717) is 6.54 Å². The molecule has 1 aromatic rings. The lowest BCUT2D eigenvalue weighted by Crippen LogP contribution is -2.28. The summed E-state index contributed by atoms with van der Waals surface area (Å²) in [5.41, 5.74) is 7.34. The van der Waals surface area contributed by atoms with Crippen molar-refractivity contribution in [3.63, 3.8) is 0 Å². The minimum absolute atomic E-state index is 0. The van der Waals surface area contributed by atoms with Gasteiger partial charge in [0.1, 0.15) is 0 Å². The molecular weight excluding hydrogens is 248 g/mol. The Kier molecular flexibility index (Phi) is 5.63. The third kappa shape index (κ3) is 4.00. The summed E-state index contributed by atoms with van der Waals surface area (Å²) >= 11 is 0. The smallest absolute Gasteiger partial charge is 0.253 e. The average Bonchev–Trinajstić information content (AvgIpc) is 3.19. The normalized spacial score (nSPS) is 13.9. The first-order chi connectivity index (χ1) is 8.20. The summed E-state index contributed by atoms with van der Waals surface area (Å²) in [6.45, 7) is 1.38.